The van der Waals surface area contributed by atoms with Crippen LogP contribution in [0.1, 0.15) is 18.9 Å². The number of nitrogens with two attached hydrogens (primary N) is 1. The Bertz CT molecular complexity index is 531. The molecular weight excluding hydrogens is 217 g/mol. The minimum absolute atomic E-state index is 0.255. The topological polar surface area (TPSA) is 43.8 Å². The number of hydrogen-bond donors (Lipinski definition) is 1. The maximum atomic E-state index is 13.2. The molecule has 3 nitrogen and oxygen atoms in total. The van der Waals surface area contributed by atoms with Gasteiger partial charge in [0, 0.05) is 18.2 Å². The summed E-state index contributed by atoms with van der Waals surface area (Å²) in [6.07, 6.45) is 1.84. The molecule has 0 saturated carbocycles. The maximum absolute atomic E-state index is 13.2. The Kier molecular flexibility index (Phi) is 3.13. The van der Waals surface area contributed by atoms with Crippen LogP contribution in [0.25, 0.3) is 11.3 Å². The molecule has 0 spiro atoms. The van der Waals surface area contributed by atoms with Gasteiger partial charge >= 0.3 is 0 Å². The van der Waals surface area contributed by atoms with Gasteiger partial charge in [0.15, 0.2) is 0 Å². The summed E-state index contributed by atoms with van der Waals surface area (Å²) in [5, 5.41) is 4.37. The van der Waals surface area contributed by atoms with E-state index >= 15 is 0 Å². The molecule has 0 amide bonds. The van der Waals surface area contributed by atoms with Crippen LogP contribution in [0.15, 0.2) is 24.3 Å². The second-order valence-electron chi connectivity index (χ2n) is 4.10. The second kappa shape index (κ2) is 4.57. The minimum atomic E-state index is -0.255. The Morgan fingerprint density at radius 1 is 1.41 bits per heavy atom. The summed E-state index contributed by atoms with van der Waals surface area (Å²) in [6, 6.07) is 6.45. The van der Waals surface area contributed by atoms with Crippen LogP contribution < -0.4 is 5.73 Å². The van der Waals surface area contributed by atoms with Crippen LogP contribution in [0.3, 0.4) is 0 Å². The van der Waals surface area contributed by atoms with Crippen LogP contribution >= 0.6 is 0 Å². The molecule has 0 fully saturated rings. The van der Waals surface area contributed by atoms with Crippen LogP contribution in [-0.4, -0.2) is 9.78 Å². The predicted molar refractivity (Wildman–Crippen MR) is 67.0 cm³/mol. The number of aromatic nitrogens is 2. The third kappa shape index (κ3) is 2.16. The number of rotatable bonds is 3. The minimum Gasteiger partial charge on any atom is -0.384 e. The molecule has 0 bridgehead atoms. The number of halogens is 1. The summed E-state index contributed by atoms with van der Waals surface area (Å²) in [5.41, 5.74) is 8.53. The van der Waals surface area contributed by atoms with Gasteiger partial charge in [-0.05, 0) is 18.6 Å². The van der Waals surface area contributed by atoms with Gasteiger partial charge < -0.3 is 5.73 Å². The summed E-state index contributed by atoms with van der Waals surface area (Å²) in [5.74, 6) is 0.403. The van der Waals surface area contributed by atoms with Crippen LogP contribution in [0, 0.1) is 5.82 Å². The third-order valence-corrected chi connectivity index (χ3v) is 2.79. The van der Waals surface area contributed by atoms with Crippen molar-refractivity contribution in [3.8, 4) is 11.3 Å². The van der Waals surface area contributed by atoms with Crippen molar-refractivity contribution in [2.45, 2.75) is 19.8 Å². The lowest BCUT2D eigenvalue weighted by atomic mass is 10.0. The molecule has 0 aliphatic carbocycles. The van der Waals surface area contributed by atoms with E-state index in [4.69, 9.17) is 5.73 Å². The highest BCUT2D eigenvalue weighted by atomic mass is 19.1. The molecule has 0 aliphatic heterocycles. The number of hydrogen-bond acceptors (Lipinski definition) is 2. The molecule has 90 valence electrons. The van der Waals surface area contributed by atoms with E-state index in [2.05, 4.69) is 12.0 Å². The van der Waals surface area contributed by atoms with E-state index in [9.17, 15) is 4.39 Å². The Hall–Kier alpha value is -1.84. The van der Waals surface area contributed by atoms with Gasteiger partial charge in [-0.2, -0.15) is 5.10 Å². The molecular formula is C13H16FN3. The molecule has 1 aromatic carbocycles. The molecule has 17 heavy (non-hydrogen) atoms. The quantitative estimate of drug-likeness (QED) is 0.885. The number of benzene rings is 1. The lowest BCUT2D eigenvalue weighted by molar-refractivity contribution is 0.628. The highest BCUT2D eigenvalue weighted by Crippen LogP contribution is 2.28. The standard InChI is InChI=1S/C13H16FN3/c1-3-5-11-12(16-17(2)13(11)15)9-6-4-7-10(14)8-9/h4,6-8H,3,5,15H2,1-2H3. The highest BCUT2D eigenvalue weighted by Gasteiger charge is 2.14. The Labute approximate surface area is 100 Å². The summed E-state index contributed by atoms with van der Waals surface area (Å²) in [6.45, 7) is 2.09. The zero-order chi connectivity index (χ0) is 12.4. The van der Waals surface area contributed by atoms with Crippen molar-refractivity contribution in [1.82, 2.24) is 9.78 Å². The van der Waals surface area contributed by atoms with Gasteiger partial charge in [0.1, 0.15) is 11.6 Å². The first-order chi connectivity index (χ1) is 8.13. The fraction of sp³-hybridized carbons (Fsp3) is 0.308. The van der Waals surface area contributed by atoms with Crippen LogP contribution in [0.4, 0.5) is 10.2 Å². The Morgan fingerprint density at radius 3 is 2.82 bits per heavy atom. The number of nitrogens with zero attached hydrogens (tertiary/aromatic N) is 2. The molecule has 2 rings (SSSR count). The van der Waals surface area contributed by atoms with Gasteiger partial charge in [0.05, 0.1) is 5.69 Å². The van der Waals surface area contributed by atoms with E-state index in [0.29, 0.717) is 5.82 Å². The van der Waals surface area contributed by atoms with Crippen molar-refractivity contribution in [1.29, 1.82) is 0 Å². The van der Waals surface area contributed by atoms with Crippen molar-refractivity contribution in [3.63, 3.8) is 0 Å². The third-order valence-electron chi connectivity index (χ3n) is 2.79. The number of nitrogen functional groups attached to an aromatic ring is 1. The molecule has 2 N–H and O–H groups in total. The smallest absolute Gasteiger partial charge is 0.125 e. The summed E-state index contributed by atoms with van der Waals surface area (Å²) >= 11 is 0. The van der Waals surface area contributed by atoms with Gasteiger partial charge in [0.25, 0.3) is 0 Å². The first-order valence-corrected chi connectivity index (χ1v) is 5.70. The molecule has 0 saturated heterocycles. The average molecular weight is 233 g/mol. The van der Waals surface area contributed by atoms with Gasteiger partial charge in [-0.15, -0.1) is 0 Å². The summed E-state index contributed by atoms with van der Waals surface area (Å²) < 4.78 is 14.9. The SMILES string of the molecule is CCCc1c(-c2cccc(F)c2)nn(C)c1N. The number of aryl methyl sites for hydroxylation is 1. The van der Waals surface area contributed by atoms with E-state index in [-0.39, 0.29) is 5.82 Å². The van der Waals surface area contributed by atoms with Crippen LogP contribution in [-0.2, 0) is 13.5 Å². The van der Waals surface area contributed by atoms with Crippen molar-refractivity contribution >= 4 is 5.82 Å². The average Bonchev–Trinajstić information content (AvgIpc) is 2.58. The molecule has 1 aromatic heterocycles. The molecule has 0 aliphatic rings. The fourth-order valence-corrected chi connectivity index (χ4v) is 1.95. The Balaban J connectivity index is 2.55. The summed E-state index contributed by atoms with van der Waals surface area (Å²) in [4.78, 5) is 0. The van der Waals surface area contributed by atoms with E-state index in [1.165, 1.54) is 12.1 Å². The lowest BCUT2D eigenvalue weighted by Gasteiger charge is -2.02. The summed E-state index contributed by atoms with van der Waals surface area (Å²) in [7, 11) is 1.80. The molecule has 4 heteroatoms. The van der Waals surface area contributed by atoms with Gasteiger partial charge in [0.2, 0.25) is 0 Å². The number of anilines is 1. The van der Waals surface area contributed by atoms with E-state index in [1.807, 2.05) is 6.07 Å². The molecule has 0 atom stereocenters. The first kappa shape index (κ1) is 11.6. The van der Waals surface area contributed by atoms with Crippen molar-refractivity contribution in [3.05, 3.63) is 35.6 Å². The zero-order valence-electron chi connectivity index (χ0n) is 10.1. The zero-order valence-corrected chi connectivity index (χ0v) is 10.1. The van der Waals surface area contributed by atoms with Crippen molar-refractivity contribution in [2.24, 2.45) is 7.05 Å². The maximum Gasteiger partial charge on any atom is 0.125 e. The molecule has 0 unspecified atom stereocenters. The molecule has 2 aromatic rings. The van der Waals surface area contributed by atoms with Crippen LogP contribution in [0.5, 0.6) is 0 Å². The Morgan fingerprint density at radius 2 is 2.18 bits per heavy atom. The van der Waals surface area contributed by atoms with Crippen LogP contribution in [0.2, 0.25) is 0 Å². The van der Waals surface area contributed by atoms with Gasteiger partial charge in [-0.3, -0.25) is 4.68 Å². The van der Waals surface area contributed by atoms with E-state index in [1.54, 1.807) is 17.8 Å². The van der Waals surface area contributed by atoms with Crippen molar-refractivity contribution in [2.75, 3.05) is 5.73 Å². The van der Waals surface area contributed by atoms with E-state index in [0.717, 1.165) is 29.7 Å². The van der Waals surface area contributed by atoms with Gasteiger partial charge in [-0.25, -0.2) is 4.39 Å². The molecule has 0 radical (unpaired) electrons. The monoisotopic (exact) mass is 233 g/mol. The predicted octanol–water partition coefficient (Wildman–Crippen LogP) is 2.76. The van der Waals surface area contributed by atoms with E-state index < -0.39 is 0 Å². The highest BCUT2D eigenvalue weighted by molar-refractivity contribution is 5.68. The largest absolute Gasteiger partial charge is 0.384 e. The van der Waals surface area contributed by atoms with Gasteiger partial charge in [-0.1, -0.05) is 25.5 Å². The van der Waals surface area contributed by atoms with Crippen molar-refractivity contribution < 1.29 is 4.39 Å². The molecule has 1 heterocycles. The lowest BCUT2D eigenvalue weighted by Crippen LogP contribution is -1.99. The second-order valence-corrected chi connectivity index (χ2v) is 4.10. The fourth-order valence-electron chi connectivity index (χ4n) is 1.95. The normalized spacial score (nSPS) is 10.8. The first-order valence-electron chi connectivity index (χ1n) is 5.70.